The lowest BCUT2D eigenvalue weighted by atomic mass is 9.71. The van der Waals surface area contributed by atoms with E-state index in [4.69, 9.17) is 0 Å². The Morgan fingerprint density at radius 3 is 2.80 bits per heavy atom. The fourth-order valence-electron chi connectivity index (χ4n) is 4.38. The largest absolute Gasteiger partial charge is 0.326 e. The van der Waals surface area contributed by atoms with Crippen molar-refractivity contribution in [3.63, 3.8) is 0 Å². The second kappa shape index (κ2) is 8.14. The minimum atomic E-state index is -0.268. The van der Waals surface area contributed by atoms with Gasteiger partial charge in [-0.2, -0.15) is 4.99 Å². The molecule has 158 valence electrons. The van der Waals surface area contributed by atoms with E-state index in [2.05, 4.69) is 36.1 Å². The van der Waals surface area contributed by atoms with Gasteiger partial charge in [-0.05, 0) is 65.7 Å². The Labute approximate surface area is 182 Å². The number of amides is 2. The zero-order chi connectivity index (χ0) is 21.5. The van der Waals surface area contributed by atoms with Crippen LogP contribution < -0.4 is 5.32 Å². The van der Waals surface area contributed by atoms with Crippen LogP contribution in [-0.4, -0.2) is 22.7 Å². The first-order valence-electron chi connectivity index (χ1n) is 10.7. The molecular weight excluding hydrogens is 394 g/mol. The molecule has 1 aromatic carbocycles. The SMILES string of the molecule is Cc1cccc(NC(=O)CCC2=NC(=O)C3C(=N2)SC2=C3CCC(C(C)(C)C)C2)c1. The Morgan fingerprint density at radius 1 is 1.27 bits per heavy atom. The summed E-state index contributed by atoms with van der Waals surface area (Å²) in [6.45, 7) is 8.87. The smallest absolute Gasteiger partial charge is 0.261 e. The molecule has 0 aromatic heterocycles. The first kappa shape index (κ1) is 21.0. The molecule has 6 heteroatoms. The van der Waals surface area contributed by atoms with Crippen LogP contribution in [0.2, 0.25) is 0 Å². The number of benzene rings is 1. The van der Waals surface area contributed by atoms with Gasteiger partial charge in [0.2, 0.25) is 5.91 Å². The summed E-state index contributed by atoms with van der Waals surface area (Å²) in [5.41, 5.74) is 3.38. The second-order valence-electron chi connectivity index (χ2n) is 9.52. The number of aryl methyl sites for hydroxylation is 1. The van der Waals surface area contributed by atoms with Crippen LogP contribution in [0.1, 0.15) is 58.4 Å². The predicted octanol–water partition coefficient (Wildman–Crippen LogP) is 5.51. The van der Waals surface area contributed by atoms with Crippen LogP contribution in [0.15, 0.2) is 44.7 Å². The Balaban J connectivity index is 1.38. The summed E-state index contributed by atoms with van der Waals surface area (Å²) in [5, 5.41) is 3.76. The van der Waals surface area contributed by atoms with Gasteiger partial charge in [-0.1, -0.05) is 44.7 Å². The molecule has 2 amide bonds. The number of rotatable bonds is 4. The highest BCUT2D eigenvalue weighted by molar-refractivity contribution is 8.17. The average molecular weight is 424 g/mol. The molecule has 5 nitrogen and oxygen atoms in total. The molecule has 3 aliphatic rings. The zero-order valence-electron chi connectivity index (χ0n) is 18.1. The third-order valence-electron chi connectivity index (χ3n) is 6.20. The van der Waals surface area contributed by atoms with E-state index in [1.54, 1.807) is 11.8 Å². The van der Waals surface area contributed by atoms with Gasteiger partial charge >= 0.3 is 0 Å². The van der Waals surface area contributed by atoms with E-state index in [0.29, 0.717) is 18.2 Å². The molecule has 2 unspecified atom stereocenters. The second-order valence-corrected chi connectivity index (χ2v) is 10.6. The van der Waals surface area contributed by atoms with Gasteiger partial charge in [0.15, 0.2) is 0 Å². The molecule has 4 rings (SSSR count). The molecule has 0 bridgehead atoms. The van der Waals surface area contributed by atoms with E-state index < -0.39 is 0 Å². The van der Waals surface area contributed by atoms with Crippen LogP contribution in [0.4, 0.5) is 5.69 Å². The predicted molar refractivity (Wildman–Crippen MR) is 124 cm³/mol. The Morgan fingerprint density at radius 2 is 2.07 bits per heavy atom. The number of fused-ring (bicyclic) bond motifs is 2. The van der Waals surface area contributed by atoms with Crippen molar-refractivity contribution in [1.82, 2.24) is 0 Å². The molecule has 0 saturated carbocycles. The number of nitrogens with zero attached hydrogens (tertiary/aromatic N) is 2. The lowest BCUT2D eigenvalue weighted by Gasteiger charge is -2.34. The molecule has 30 heavy (non-hydrogen) atoms. The lowest BCUT2D eigenvalue weighted by Crippen LogP contribution is -2.28. The Hall–Kier alpha value is -2.21. The van der Waals surface area contributed by atoms with E-state index in [9.17, 15) is 9.59 Å². The van der Waals surface area contributed by atoms with Crippen molar-refractivity contribution in [3.8, 4) is 0 Å². The van der Waals surface area contributed by atoms with Crippen LogP contribution in [0.5, 0.6) is 0 Å². The third-order valence-corrected chi connectivity index (χ3v) is 7.41. The van der Waals surface area contributed by atoms with Gasteiger partial charge in [0, 0.05) is 18.5 Å². The van der Waals surface area contributed by atoms with E-state index in [1.807, 2.05) is 31.2 Å². The summed E-state index contributed by atoms with van der Waals surface area (Å²) < 4.78 is 0. The molecular formula is C24H29N3O2S. The molecule has 1 N–H and O–H groups in total. The number of carbonyl (C=O) groups excluding carboxylic acids is 2. The minimum absolute atomic E-state index is 0.0948. The molecule has 0 fully saturated rings. The maximum atomic E-state index is 12.8. The molecule has 2 atom stereocenters. The van der Waals surface area contributed by atoms with Crippen molar-refractivity contribution in [2.24, 2.45) is 27.2 Å². The third kappa shape index (κ3) is 4.43. The molecule has 0 radical (unpaired) electrons. The number of anilines is 1. The normalized spacial score (nSPS) is 23.5. The topological polar surface area (TPSA) is 70.9 Å². The number of amidine groups is 1. The number of aliphatic imine (C=N–C) groups is 2. The van der Waals surface area contributed by atoms with Gasteiger partial charge in [-0.3, -0.25) is 9.59 Å². The van der Waals surface area contributed by atoms with E-state index in [0.717, 1.165) is 35.6 Å². The highest BCUT2D eigenvalue weighted by Crippen LogP contribution is 2.52. The van der Waals surface area contributed by atoms with Crippen LogP contribution in [0.25, 0.3) is 0 Å². The highest BCUT2D eigenvalue weighted by atomic mass is 32.2. The zero-order valence-corrected chi connectivity index (χ0v) is 18.9. The van der Waals surface area contributed by atoms with Crippen molar-refractivity contribution >= 4 is 40.1 Å². The van der Waals surface area contributed by atoms with Gasteiger partial charge in [0.1, 0.15) is 11.8 Å². The molecule has 0 saturated heterocycles. The number of hydrogen-bond donors (Lipinski definition) is 1. The summed E-state index contributed by atoms with van der Waals surface area (Å²) in [6.07, 6.45) is 3.74. The first-order valence-corrected chi connectivity index (χ1v) is 11.5. The van der Waals surface area contributed by atoms with Gasteiger partial charge in [0.05, 0.1) is 5.04 Å². The van der Waals surface area contributed by atoms with Crippen molar-refractivity contribution < 1.29 is 9.59 Å². The summed E-state index contributed by atoms with van der Waals surface area (Å²) in [5.74, 6) is 0.634. The maximum absolute atomic E-state index is 12.8. The van der Waals surface area contributed by atoms with Crippen LogP contribution in [0.3, 0.4) is 0 Å². The number of thioether (sulfide) groups is 1. The lowest BCUT2D eigenvalue weighted by molar-refractivity contribution is -0.119. The summed E-state index contributed by atoms with van der Waals surface area (Å²) >= 11 is 1.67. The molecule has 2 aliphatic heterocycles. The quantitative estimate of drug-likeness (QED) is 0.694. The van der Waals surface area contributed by atoms with E-state index in [-0.39, 0.29) is 29.6 Å². The summed E-state index contributed by atoms with van der Waals surface area (Å²) in [4.78, 5) is 35.3. The van der Waals surface area contributed by atoms with Gasteiger partial charge in [-0.15, -0.1) is 0 Å². The Kier molecular flexibility index (Phi) is 5.71. The molecule has 1 aliphatic carbocycles. The van der Waals surface area contributed by atoms with E-state index >= 15 is 0 Å². The van der Waals surface area contributed by atoms with Gasteiger partial charge in [0.25, 0.3) is 5.91 Å². The maximum Gasteiger partial charge on any atom is 0.261 e. The number of hydrogen-bond acceptors (Lipinski definition) is 4. The fourth-order valence-corrected chi connectivity index (χ4v) is 5.78. The van der Waals surface area contributed by atoms with Crippen molar-refractivity contribution in [2.75, 3.05) is 5.32 Å². The molecule has 1 aromatic rings. The standard InChI is InChI=1S/C24H29N3O2S/c1-14-6-5-7-16(12-14)25-20(28)11-10-19-26-22(29)21-17-9-8-15(24(2,3)4)13-18(17)30-23(21)27-19/h5-7,12,15,21H,8-11,13H2,1-4H3,(H,25,28). The average Bonchev–Trinajstić information content (AvgIpc) is 3.03. The Bertz CT molecular complexity index is 984. The number of allylic oxidation sites excluding steroid dienone is 1. The minimum Gasteiger partial charge on any atom is -0.326 e. The van der Waals surface area contributed by atoms with Crippen LogP contribution in [-0.2, 0) is 9.59 Å². The van der Waals surface area contributed by atoms with Crippen LogP contribution >= 0.6 is 11.8 Å². The van der Waals surface area contributed by atoms with Gasteiger partial charge in [-0.25, -0.2) is 4.99 Å². The van der Waals surface area contributed by atoms with E-state index in [1.165, 1.54) is 10.5 Å². The van der Waals surface area contributed by atoms with Crippen molar-refractivity contribution in [3.05, 3.63) is 40.3 Å². The van der Waals surface area contributed by atoms with Crippen LogP contribution in [0, 0.1) is 24.2 Å². The fraction of sp³-hybridized carbons (Fsp3) is 0.500. The monoisotopic (exact) mass is 423 g/mol. The van der Waals surface area contributed by atoms with Gasteiger partial charge < -0.3 is 5.32 Å². The first-order chi connectivity index (χ1) is 14.2. The summed E-state index contributed by atoms with van der Waals surface area (Å²) in [7, 11) is 0. The summed E-state index contributed by atoms with van der Waals surface area (Å²) in [6, 6.07) is 7.70. The molecule has 0 spiro atoms. The number of nitrogens with one attached hydrogen (secondary N) is 1. The molecule has 2 heterocycles. The highest BCUT2D eigenvalue weighted by Gasteiger charge is 2.43. The van der Waals surface area contributed by atoms with Crippen molar-refractivity contribution in [2.45, 2.75) is 59.8 Å². The number of carbonyl (C=O) groups is 2. The van der Waals surface area contributed by atoms with Crippen molar-refractivity contribution in [1.29, 1.82) is 0 Å².